The smallest absolute Gasteiger partial charge is 0.296 e. The number of non-ortho nitro benzene ring substituents is 1. The number of nitrogens with zero attached hydrogens (tertiary/aromatic N) is 5. The van der Waals surface area contributed by atoms with E-state index >= 15 is 0 Å². The van der Waals surface area contributed by atoms with Gasteiger partial charge in [0.1, 0.15) is 6.04 Å². The third-order valence-corrected chi connectivity index (χ3v) is 7.14. The van der Waals surface area contributed by atoms with E-state index in [4.69, 9.17) is 16.1 Å². The van der Waals surface area contributed by atoms with Crippen molar-refractivity contribution in [2.24, 2.45) is 0 Å². The Bertz CT molecular complexity index is 1330. The fourth-order valence-corrected chi connectivity index (χ4v) is 5.48. The zero-order valence-corrected chi connectivity index (χ0v) is 17.7. The van der Waals surface area contributed by atoms with E-state index in [1.54, 1.807) is 24.3 Å². The first-order valence-electron chi connectivity index (χ1n) is 9.22. The van der Waals surface area contributed by atoms with Crippen LogP contribution in [0.2, 0.25) is 5.02 Å². The highest BCUT2D eigenvalue weighted by molar-refractivity contribution is 7.89. The Kier molecular flexibility index (Phi) is 5.62. The second kappa shape index (κ2) is 8.26. The van der Waals surface area contributed by atoms with Crippen molar-refractivity contribution in [2.45, 2.75) is 23.8 Å². The normalized spacial score (nSPS) is 16.8. The Morgan fingerprint density at radius 1 is 1.12 bits per heavy atom. The number of nitro benzene ring substituents is 2. The third-order valence-electron chi connectivity index (χ3n) is 4.95. The minimum Gasteiger partial charge on any atom is -0.337 e. The largest absolute Gasteiger partial charge is 0.337 e. The van der Waals surface area contributed by atoms with Crippen LogP contribution in [0.1, 0.15) is 24.8 Å². The van der Waals surface area contributed by atoms with Crippen molar-refractivity contribution in [1.29, 1.82) is 0 Å². The highest BCUT2D eigenvalue weighted by Gasteiger charge is 2.42. The maximum Gasteiger partial charge on any atom is 0.296 e. The van der Waals surface area contributed by atoms with E-state index in [1.807, 2.05) is 0 Å². The van der Waals surface area contributed by atoms with Gasteiger partial charge in [0.25, 0.3) is 21.4 Å². The van der Waals surface area contributed by atoms with Gasteiger partial charge in [-0.3, -0.25) is 20.2 Å². The van der Waals surface area contributed by atoms with Crippen LogP contribution in [-0.4, -0.2) is 39.3 Å². The summed E-state index contributed by atoms with van der Waals surface area (Å²) in [5.41, 5.74) is -0.891. The lowest BCUT2D eigenvalue weighted by atomic mass is 10.2. The molecule has 32 heavy (non-hydrogen) atoms. The SMILES string of the molecule is O=[N+]([O-])c1ccc(S(=O)(=O)N2CCCC2c2nc(-c3cccc(Cl)c3)no2)c([N+](=O)[O-])c1. The molecule has 2 aromatic carbocycles. The summed E-state index contributed by atoms with van der Waals surface area (Å²) in [6.45, 7) is 0.0655. The molecule has 3 aromatic rings. The van der Waals surface area contributed by atoms with E-state index < -0.39 is 42.2 Å². The molecule has 2 heterocycles. The topological polar surface area (TPSA) is 163 Å². The van der Waals surface area contributed by atoms with E-state index in [2.05, 4.69) is 10.1 Å². The molecule has 4 rings (SSSR count). The molecule has 1 saturated heterocycles. The molecule has 1 unspecified atom stereocenters. The third kappa shape index (κ3) is 3.92. The average Bonchev–Trinajstić information content (AvgIpc) is 3.43. The van der Waals surface area contributed by atoms with Crippen molar-refractivity contribution >= 4 is 33.0 Å². The zero-order valence-electron chi connectivity index (χ0n) is 16.1. The molecule has 0 bridgehead atoms. The van der Waals surface area contributed by atoms with E-state index in [0.29, 0.717) is 29.5 Å². The van der Waals surface area contributed by atoms with Crippen molar-refractivity contribution in [3.63, 3.8) is 0 Å². The van der Waals surface area contributed by atoms with Gasteiger partial charge in [-0.15, -0.1) is 0 Å². The molecule has 0 spiro atoms. The summed E-state index contributed by atoms with van der Waals surface area (Å²) in [5.74, 6) is 0.249. The lowest BCUT2D eigenvalue weighted by molar-refractivity contribution is -0.396. The quantitative estimate of drug-likeness (QED) is 0.378. The predicted molar refractivity (Wildman–Crippen MR) is 110 cm³/mol. The first-order chi connectivity index (χ1) is 15.2. The molecule has 1 aliphatic heterocycles. The number of sulfonamides is 1. The van der Waals surface area contributed by atoms with E-state index in [9.17, 15) is 28.6 Å². The highest BCUT2D eigenvalue weighted by atomic mass is 35.5. The number of halogens is 1. The Morgan fingerprint density at radius 2 is 1.91 bits per heavy atom. The van der Waals surface area contributed by atoms with Gasteiger partial charge in [0.15, 0.2) is 4.90 Å². The van der Waals surface area contributed by atoms with Gasteiger partial charge in [0.05, 0.1) is 15.9 Å². The van der Waals surface area contributed by atoms with Gasteiger partial charge in [0, 0.05) is 23.2 Å². The lowest BCUT2D eigenvalue weighted by Crippen LogP contribution is -2.31. The summed E-state index contributed by atoms with van der Waals surface area (Å²) in [6, 6.07) is 8.28. The fourth-order valence-electron chi connectivity index (χ4n) is 3.50. The molecule has 14 heteroatoms. The van der Waals surface area contributed by atoms with Crippen LogP contribution < -0.4 is 0 Å². The average molecular weight is 480 g/mol. The van der Waals surface area contributed by atoms with Crippen molar-refractivity contribution < 1.29 is 22.8 Å². The Balaban J connectivity index is 1.71. The van der Waals surface area contributed by atoms with Crippen molar-refractivity contribution in [3.05, 3.63) is 73.6 Å². The Labute approximate surface area is 185 Å². The van der Waals surface area contributed by atoms with Gasteiger partial charge in [-0.05, 0) is 31.0 Å². The summed E-state index contributed by atoms with van der Waals surface area (Å²) < 4.78 is 32.9. The maximum absolute atomic E-state index is 13.3. The molecule has 12 nitrogen and oxygen atoms in total. The molecule has 0 saturated carbocycles. The first-order valence-corrected chi connectivity index (χ1v) is 11.0. The zero-order chi connectivity index (χ0) is 23.0. The molecular weight excluding hydrogens is 466 g/mol. The van der Waals surface area contributed by atoms with Gasteiger partial charge in [-0.2, -0.15) is 9.29 Å². The van der Waals surface area contributed by atoms with Crippen LogP contribution in [0.25, 0.3) is 11.4 Å². The molecule has 1 atom stereocenters. The number of hydrogen-bond acceptors (Lipinski definition) is 9. The summed E-state index contributed by atoms with van der Waals surface area (Å²) >= 11 is 5.98. The first kappa shape index (κ1) is 21.8. The number of rotatable bonds is 6. The van der Waals surface area contributed by atoms with Crippen LogP contribution in [0, 0.1) is 20.2 Å². The van der Waals surface area contributed by atoms with E-state index in [1.165, 1.54) is 0 Å². The number of hydrogen-bond donors (Lipinski definition) is 0. The summed E-state index contributed by atoms with van der Waals surface area (Å²) in [6.07, 6.45) is 0.816. The minimum absolute atomic E-state index is 0.0330. The Hall–Kier alpha value is -3.42. The molecule has 1 aromatic heterocycles. The fraction of sp³-hybridized carbons (Fsp3) is 0.222. The van der Waals surface area contributed by atoms with E-state index in [0.717, 1.165) is 16.4 Å². The predicted octanol–water partition coefficient (Wildman–Crippen LogP) is 3.73. The van der Waals surface area contributed by atoms with Crippen LogP contribution in [0.3, 0.4) is 0 Å². The van der Waals surface area contributed by atoms with Gasteiger partial charge in [0.2, 0.25) is 11.7 Å². The Morgan fingerprint density at radius 3 is 2.59 bits per heavy atom. The van der Waals surface area contributed by atoms with Crippen molar-refractivity contribution in [2.75, 3.05) is 6.54 Å². The standard InChI is InChI=1S/C18H14ClN5O7S/c19-12-4-1-3-11(9-12)17-20-18(31-21-17)14-5-2-8-22(14)32(29,30)16-7-6-13(23(25)26)10-15(16)24(27)28/h1,3-4,6-7,9-10,14H,2,5,8H2. The van der Waals surface area contributed by atoms with E-state index in [-0.39, 0.29) is 18.3 Å². The molecule has 1 aliphatic rings. The summed E-state index contributed by atoms with van der Waals surface area (Å²) in [5, 5.41) is 26.8. The summed E-state index contributed by atoms with van der Waals surface area (Å²) in [7, 11) is -4.40. The molecule has 1 fully saturated rings. The number of benzene rings is 2. The van der Waals surface area contributed by atoms with Gasteiger partial charge in [-0.1, -0.05) is 28.9 Å². The van der Waals surface area contributed by atoms with Crippen molar-refractivity contribution in [3.8, 4) is 11.4 Å². The lowest BCUT2D eigenvalue weighted by Gasteiger charge is -2.21. The van der Waals surface area contributed by atoms with Crippen LogP contribution in [-0.2, 0) is 10.0 Å². The molecule has 0 amide bonds. The van der Waals surface area contributed by atoms with Crippen LogP contribution in [0.4, 0.5) is 11.4 Å². The molecular formula is C18H14ClN5O7S. The molecule has 0 radical (unpaired) electrons. The van der Waals surface area contributed by atoms with Crippen molar-refractivity contribution in [1.82, 2.24) is 14.4 Å². The van der Waals surface area contributed by atoms with Crippen LogP contribution >= 0.6 is 11.6 Å². The monoisotopic (exact) mass is 479 g/mol. The minimum atomic E-state index is -4.40. The number of aromatic nitrogens is 2. The molecule has 0 aliphatic carbocycles. The van der Waals surface area contributed by atoms with Crippen LogP contribution in [0.5, 0.6) is 0 Å². The second-order valence-electron chi connectivity index (χ2n) is 6.91. The van der Waals surface area contributed by atoms with Gasteiger partial charge >= 0.3 is 0 Å². The number of nitro groups is 2. The summed E-state index contributed by atoms with van der Waals surface area (Å²) in [4.78, 5) is 24.3. The van der Waals surface area contributed by atoms with Gasteiger partial charge in [-0.25, -0.2) is 8.42 Å². The molecule has 0 N–H and O–H groups in total. The molecule has 166 valence electrons. The second-order valence-corrected chi connectivity index (χ2v) is 9.20. The maximum atomic E-state index is 13.3. The van der Waals surface area contributed by atoms with Gasteiger partial charge < -0.3 is 4.52 Å². The highest BCUT2D eigenvalue weighted by Crippen LogP contribution is 2.39. The van der Waals surface area contributed by atoms with Crippen LogP contribution in [0.15, 0.2) is 51.9 Å².